The third-order valence-corrected chi connectivity index (χ3v) is 4.23. The molecule has 1 fully saturated rings. The minimum atomic E-state index is 0.0418. The molecule has 1 aliphatic carbocycles. The Hall–Kier alpha value is -1.51. The van der Waals surface area contributed by atoms with E-state index in [0.717, 1.165) is 30.3 Å². The predicted molar refractivity (Wildman–Crippen MR) is 84.1 cm³/mol. The maximum absolute atomic E-state index is 12.3. The first-order valence-electron chi connectivity index (χ1n) is 7.81. The Morgan fingerprint density at radius 2 is 1.90 bits per heavy atom. The van der Waals surface area contributed by atoms with Crippen molar-refractivity contribution in [2.24, 2.45) is 11.8 Å². The molecule has 0 aromatic heterocycles. The molecule has 3 heteroatoms. The first-order valence-corrected chi connectivity index (χ1v) is 7.81. The number of nitrogens with one attached hydrogen (secondary N) is 2. The molecule has 0 atom stereocenters. The summed E-state index contributed by atoms with van der Waals surface area (Å²) in [5.41, 5.74) is 1.67. The van der Waals surface area contributed by atoms with E-state index in [-0.39, 0.29) is 5.91 Å². The maximum Gasteiger partial charge on any atom is 0.253 e. The lowest BCUT2D eigenvalue weighted by Gasteiger charge is -2.26. The van der Waals surface area contributed by atoms with Crippen LogP contribution in [0.25, 0.3) is 0 Å². The fraction of sp³-hybridized carbons (Fsp3) is 0.588. The number of para-hydroxylation sites is 1. The number of carbonyl (C=O) groups excluding carboxylic acids is 1. The molecule has 0 aliphatic heterocycles. The van der Waals surface area contributed by atoms with E-state index in [9.17, 15) is 4.79 Å². The monoisotopic (exact) mass is 274 g/mol. The molecule has 1 aliphatic rings. The lowest BCUT2D eigenvalue weighted by atomic mass is 9.83. The third kappa shape index (κ3) is 3.99. The number of hydrogen-bond donors (Lipinski definition) is 2. The topological polar surface area (TPSA) is 41.1 Å². The van der Waals surface area contributed by atoms with Crippen LogP contribution in [0.2, 0.25) is 0 Å². The molecule has 20 heavy (non-hydrogen) atoms. The highest BCUT2D eigenvalue weighted by Gasteiger charge is 2.19. The Bertz CT molecular complexity index is 436. The van der Waals surface area contributed by atoms with Gasteiger partial charge in [0.05, 0.1) is 5.56 Å². The van der Waals surface area contributed by atoms with Gasteiger partial charge in [0.1, 0.15) is 0 Å². The van der Waals surface area contributed by atoms with Gasteiger partial charge in [-0.15, -0.1) is 0 Å². The average Bonchev–Trinajstić information content (AvgIpc) is 2.47. The van der Waals surface area contributed by atoms with E-state index in [2.05, 4.69) is 17.6 Å². The Balaban J connectivity index is 1.88. The molecular weight excluding hydrogens is 248 g/mol. The molecule has 2 rings (SSSR count). The van der Waals surface area contributed by atoms with Crippen LogP contribution in [0.3, 0.4) is 0 Å². The number of benzene rings is 1. The molecule has 0 unspecified atom stereocenters. The first-order chi connectivity index (χ1) is 9.70. The smallest absolute Gasteiger partial charge is 0.253 e. The molecule has 0 bridgehead atoms. The summed E-state index contributed by atoms with van der Waals surface area (Å²) in [5.74, 6) is 1.55. The molecule has 1 saturated carbocycles. The molecule has 0 saturated heterocycles. The van der Waals surface area contributed by atoms with E-state index in [0.29, 0.717) is 5.92 Å². The summed E-state index contributed by atoms with van der Waals surface area (Å²) in [4.78, 5) is 12.3. The van der Waals surface area contributed by atoms with E-state index in [1.54, 1.807) is 0 Å². The highest BCUT2D eigenvalue weighted by molar-refractivity contribution is 5.99. The van der Waals surface area contributed by atoms with Crippen LogP contribution in [0, 0.1) is 11.8 Å². The molecule has 3 nitrogen and oxygen atoms in total. The van der Waals surface area contributed by atoms with Crippen molar-refractivity contribution in [1.29, 1.82) is 0 Å². The van der Waals surface area contributed by atoms with E-state index in [1.807, 2.05) is 31.2 Å². The van der Waals surface area contributed by atoms with Crippen molar-refractivity contribution in [2.45, 2.75) is 39.5 Å². The van der Waals surface area contributed by atoms with Gasteiger partial charge in [0, 0.05) is 18.8 Å². The second-order valence-corrected chi connectivity index (χ2v) is 5.91. The van der Waals surface area contributed by atoms with Gasteiger partial charge in [0.15, 0.2) is 0 Å². The van der Waals surface area contributed by atoms with Crippen LogP contribution in [0.1, 0.15) is 49.9 Å². The van der Waals surface area contributed by atoms with Crippen LogP contribution in [-0.4, -0.2) is 19.0 Å². The Kier molecular flexibility index (Phi) is 5.45. The van der Waals surface area contributed by atoms with Gasteiger partial charge in [-0.1, -0.05) is 31.9 Å². The fourth-order valence-electron chi connectivity index (χ4n) is 2.89. The SMILES string of the molecule is CCNc1ccccc1C(=O)NCC1CCC(C)CC1. The summed E-state index contributed by atoms with van der Waals surface area (Å²) in [6.45, 7) is 6.00. The van der Waals surface area contributed by atoms with E-state index in [1.165, 1.54) is 25.7 Å². The molecule has 0 spiro atoms. The van der Waals surface area contributed by atoms with Crippen LogP contribution < -0.4 is 10.6 Å². The Labute approximate surface area is 122 Å². The number of hydrogen-bond acceptors (Lipinski definition) is 2. The Morgan fingerprint density at radius 3 is 2.60 bits per heavy atom. The first kappa shape index (κ1) is 14.9. The zero-order valence-corrected chi connectivity index (χ0v) is 12.6. The lowest BCUT2D eigenvalue weighted by molar-refractivity contribution is 0.0942. The number of rotatable bonds is 5. The summed E-state index contributed by atoms with van der Waals surface area (Å²) in [6.07, 6.45) is 5.09. The molecule has 0 radical (unpaired) electrons. The maximum atomic E-state index is 12.3. The van der Waals surface area contributed by atoms with Crippen LogP contribution >= 0.6 is 0 Å². The van der Waals surface area contributed by atoms with Gasteiger partial charge in [-0.2, -0.15) is 0 Å². The number of carbonyl (C=O) groups is 1. The van der Waals surface area contributed by atoms with Gasteiger partial charge < -0.3 is 10.6 Å². The van der Waals surface area contributed by atoms with Gasteiger partial charge in [-0.05, 0) is 43.7 Å². The Morgan fingerprint density at radius 1 is 1.20 bits per heavy atom. The zero-order chi connectivity index (χ0) is 14.4. The minimum absolute atomic E-state index is 0.0418. The molecule has 1 aromatic rings. The largest absolute Gasteiger partial charge is 0.385 e. The van der Waals surface area contributed by atoms with E-state index >= 15 is 0 Å². The van der Waals surface area contributed by atoms with Crippen LogP contribution in [-0.2, 0) is 0 Å². The molecule has 1 amide bonds. The number of anilines is 1. The second kappa shape index (κ2) is 7.32. The van der Waals surface area contributed by atoms with Gasteiger partial charge in [-0.25, -0.2) is 0 Å². The highest BCUT2D eigenvalue weighted by Crippen LogP contribution is 2.27. The second-order valence-electron chi connectivity index (χ2n) is 5.91. The zero-order valence-electron chi connectivity index (χ0n) is 12.6. The third-order valence-electron chi connectivity index (χ3n) is 4.23. The van der Waals surface area contributed by atoms with Crippen molar-refractivity contribution in [2.75, 3.05) is 18.4 Å². The van der Waals surface area contributed by atoms with Gasteiger partial charge >= 0.3 is 0 Å². The summed E-state index contributed by atoms with van der Waals surface area (Å²) in [7, 11) is 0. The van der Waals surface area contributed by atoms with Crippen molar-refractivity contribution in [3.05, 3.63) is 29.8 Å². The van der Waals surface area contributed by atoms with Crippen molar-refractivity contribution in [3.8, 4) is 0 Å². The summed E-state index contributed by atoms with van der Waals surface area (Å²) in [6, 6.07) is 7.71. The lowest BCUT2D eigenvalue weighted by Crippen LogP contribution is -2.31. The predicted octanol–water partition coefficient (Wildman–Crippen LogP) is 3.67. The summed E-state index contributed by atoms with van der Waals surface area (Å²) >= 11 is 0. The van der Waals surface area contributed by atoms with E-state index < -0.39 is 0 Å². The van der Waals surface area contributed by atoms with E-state index in [4.69, 9.17) is 0 Å². The van der Waals surface area contributed by atoms with Gasteiger partial charge in [-0.3, -0.25) is 4.79 Å². The van der Waals surface area contributed by atoms with Crippen LogP contribution in [0.4, 0.5) is 5.69 Å². The highest BCUT2D eigenvalue weighted by atomic mass is 16.1. The summed E-state index contributed by atoms with van der Waals surface area (Å²) < 4.78 is 0. The fourth-order valence-corrected chi connectivity index (χ4v) is 2.89. The molecule has 2 N–H and O–H groups in total. The molecular formula is C17H26N2O. The number of amides is 1. The molecule has 110 valence electrons. The van der Waals surface area contributed by atoms with Gasteiger partial charge in [0.25, 0.3) is 5.91 Å². The van der Waals surface area contributed by atoms with Gasteiger partial charge in [0.2, 0.25) is 0 Å². The van der Waals surface area contributed by atoms with Crippen molar-refractivity contribution >= 4 is 11.6 Å². The van der Waals surface area contributed by atoms with Crippen molar-refractivity contribution in [3.63, 3.8) is 0 Å². The molecule has 1 aromatic carbocycles. The van der Waals surface area contributed by atoms with Crippen molar-refractivity contribution < 1.29 is 4.79 Å². The minimum Gasteiger partial charge on any atom is -0.385 e. The van der Waals surface area contributed by atoms with Crippen LogP contribution in [0.15, 0.2) is 24.3 Å². The quantitative estimate of drug-likeness (QED) is 0.860. The standard InChI is InChI=1S/C17H26N2O/c1-3-18-16-7-5-4-6-15(16)17(20)19-12-14-10-8-13(2)9-11-14/h4-7,13-14,18H,3,8-12H2,1-2H3,(H,19,20). The normalized spacial score (nSPS) is 22.3. The average molecular weight is 274 g/mol. The molecule has 0 heterocycles. The van der Waals surface area contributed by atoms with Crippen LogP contribution in [0.5, 0.6) is 0 Å². The summed E-state index contributed by atoms with van der Waals surface area (Å²) in [5, 5.41) is 6.34. The van der Waals surface area contributed by atoms with Crippen molar-refractivity contribution in [1.82, 2.24) is 5.32 Å².